The lowest BCUT2D eigenvalue weighted by molar-refractivity contribution is -0.909. The van der Waals surface area contributed by atoms with Crippen LogP contribution in [0.4, 0.5) is 0 Å². The van der Waals surface area contributed by atoms with Crippen LogP contribution >= 0.6 is 0 Å². The van der Waals surface area contributed by atoms with E-state index < -0.39 is 0 Å². The lowest BCUT2D eigenvalue weighted by atomic mass is 10.0. The van der Waals surface area contributed by atoms with Gasteiger partial charge in [-0.1, -0.05) is 35.9 Å². The van der Waals surface area contributed by atoms with Crippen molar-refractivity contribution in [1.29, 1.82) is 0 Å². The summed E-state index contributed by atoms with van der Waals surface area (Å²) in [6.45, 7) is 6.29. The molecule has 3 rings (SSSR count). The average Bonchev–Trinajstić information content (AvgIpc) is 2.79. The first-order chi connectivity index (χ1) is 15.0. The number of hydrogen-bond acceptors (Lipinski definition) is 5. The Balaban J connectivity index is 1.77. The zero-order valence-electron chi connectivity index (χ0n) is 18.8. The van der Waals surface area contributed by atoms with Crippen LogP contribution in [-0.4, -0.2) is 60.1 Å². The molecular formula is C24H33N2O5+. The van der Waals surface area contributed by atoms with Gasteiger partial charge >= 0.3 is 0 Å². The van der Waals surface area contributed by atoms with Gasteiger partial charge in [0.1, 0.15) is 25.7 Å². The van der Waals surface area contributed by atoms with E-state index in [1.165, 1.54) is 10.5 Å². The van der Waals surface area contributed by atoms with E-state index in [0.717, 1.165) is 44.0 Å². The molecule has 1 aliphatic rings. The Morgan fingerprint density at radius 1 is 1.00 bits per heavy atom. The lowest BCUT2D eigenvalue weighted by Crippen LogP contribution is -3.14. The molecule has 1 heterocycles. The van der Waals surface area contributed by atoms with Crippen LogP contribution in [0.25, 0.3) is 0 Å². The molecule has 2 aromatic carbocycles. The number of amides is 1. The zero-order valence-corrected chi connectivity index (χ0v) is 18.8. The quantitative estimate of drug-likeness (QED) is 0.630. The maximum Gasteiger partial charge on any atom is 0.225 e. The predicted octanol–water partition coefficient (Wildman–Crippen LogP) is 1.34. The number of aryl methyl sites for hydroxylation is 1. The van der Waals surface area contributed by atoms with Gasteiger partial charge in [0.15, 0.2) is 11.5 Å². The molecule has 2 aromatic rings. The summed E-state index contributed by atoms with van der Waals surface area (Å²) in [5, 5.41) is 3.24. The molecule has 2 N–H and O–H groups in total. The second-order valence-electron chi connectivity index (χ2n) is 7.77. The van der Waals surface area contributed by atoms with Crippen molar-refractivity contribution >= 4 is 5.91 Å². The van der Waals surface area contributed by atoms with Crippen molar-refractivity contribution in [3.63, 3.8) is 0 Å². The van der Waals surface area contributed by atoms with E-state index in [9.17, 15) is 4.79 Å². The Hall–Kier alpha value is -2.77. The summed E-state index contributed by atoms with van der Waals surface area (Å²) in [4.78, 5) is 14.5. The Morgan fingerprint density at radius 2 is 1.68 bits per heavy atom. The van der Waals surface area contributed by atoms with Crippen LogP contribution in [0, 0.1) is 6.92 Å². The number of quaternary nitrogens is 1. The minimum atomic E-state index is -0.0765. The Morgan fingerprint density at radius 3 is 2.29 bits per heavy atom. The first-order valence-corrected chi connectivity index (χ1v) is 10.6. The summed E-state index contributed by atoms with van der Waals surface area (Å²) in [6, 6.07) is 11.9. The molecule has 0 aromatic heterocycles. The van der Waals surface area contributed by atoms with Crippen LogP contribution in [0.3, 0.4) is 0 Å². The molecule has 0 radical (unpaired) electrons. The van der Waals surface area contributed by atoms with Crippen molar-refractivity contribution in [2.24, 2.45) is 0 Å². The van der Waals surface area contributed by atoms with Gasteiger partial charge in [-0.2, -0.15) is 0 Å². The highest BCUT2D eigenvalue weighted by Crippen LogP contribution is 2.39. The topological polar surface area (TPSA) is 70.5 Å². The first kappa shape index (κ1) is 22.9. The molecule has 1 fully saturated rings. The fourth-order valence-corrected chi connectivity index (χ4v) is 3.92. The molecule has 168 valence electrons. The minimum absolute atomic E-state index is 0.0660. The molecule has 0 saturated carbocycles. The van der Waals surface area contributed by atoms with Gasteiger partial charge in [-0.25, -0.2) is 0 Å². The molecular weight excluding hydrogens is 396 g/mol. The van der Waals surface area contributed by atoms with E-state index in [0.29, 0.717) is 17.2 Å². The predicted molar refractivity (Wildman–Crippen MR) is 118 cm³/mol. The van der Waals surface area contributed by atoms with E-state index in [4.69, 9.17) is 18.9 Å². The third-order valence-corrected chi connectivity index (χ3v) is 5.64. The SMILES string of the molecule is COc1ccc(CC(=O)N[C@H](C[NH+]2CCOCC2)c2ccc(C)cc2)c(OC)c1OC. The number of carbonyl (C=O) groups is 1. The van der Waals surface area contributed by atoms with Gasteiger partial charge in [-0.15, -0.1) is 0 Å². The van der Waals surface area contributed by atoms with Gasteiger partial charge < -0.3 is 29.2 Å². The van der Waals surface area contributed by atoms with Gasteiger partial charge in [0.05, 0.1) is 41.0 Å². The molecule has 1 amide bonds. The van der Waals surface area contributed by atoms with Crippen molar-refractivity contribution in [3.8, 4) is 17.2 Å². The number of ether oxygens (including phenoxy) is 4. The molecule has 0 spiro atoms. The minimum Gasteiger partial charge on any atom is -0.493 e. The molecule has 0 bridgehead atoms. The van der Waals surface area contributed by atoms with E-state index in [2.05, 4.69) is 36.5 Å². The number of rotatable bonds is 9. The highest BCUT2D eigenvalue weighted by Gasteiger charge is 2.24. The van der Waals surface area contributed by atoms with Gasteiger partial charge in [0.2, 0.25) is 11.7 Å². The Bertz CT molecular complexity index is 863. The second kappa shape index (κ2) is 11.0. The maximum absolute atomic E-state index is 13.1. The average molecular weight is 430 g/mol. The summed E-state index contributed by atoms with van der Waals surface area (Å²) in [6.07, 6.45) is 0.185. The number of nitrogens with one attached hydrogen (secondary N) is 2. The number of benzene rings is 2. The van der Waals surface area contributed by atoms with Crippen molar-refractivity contribution in [2.45, 2.75) is 19.4 Å². The van der Waals surface area contributed by atoms with Gasteiger partial charge in [0.25, 0.3) is 0 Å². The summed E-state index contributed by atoms with van der Waals surface area (Å²) < 4.78 is 21.8. The van der Waals surface area contributed by atoms with Crippen molar-refractivity contribution < 1.29 is 28.6 Å². The molecule has 7 nitrogen and oxygen atoms in total. The summed E-state index contributed by atoms with van der Waals surface area (Å²) in [5.74, 6) is 1.51. The monoisotopic (exact) mass is 429 g/mol. The Labute approximate surface area is 184 Å². The van der Waals surface area contributed by atoms with E-state index in [1.807, 2.05) is 6.07 Å². The number of hydrogen-bond donors (Lipinski definition) is 2. The summed E-state index contributed by atoms with van der Waals surface area (Å²) in [5.41, 5.74) is 3.05. The molecule has 1 atom stereocenters. The van der Waals surface area contributed by atoms with E-state index in [-0.39, 0.29) is 18.4 Å². The van der Waals surface area contributed by atoms with Crippen molar-refractivity contribution in [1.82, 2.24) is 5.32 Å². The van der Waals surface area contributed by atoms with Gasteiger partial charge in [-0.05, 0) is 18.6 Å². The van der Waals surface area contributed by atoms with Crippen molar-refractivity contribution in [2.75, 3.05) is 54.2 Å². The fraction of sp³-hybridized carbons (Fsp3) is 0.458. The van der Waals surface area contributed by atoms with Crippen LogP contribution in [0.2, 0.25) is 0 Å². The van der Waals surface area contributed by atoms with Crippen LogP contribution < -0.4 is 24.4 Å². The van der Waals surface area contributed by atoms with Crippen LogP contribution in [0.15, 0.2) is 36.4 Å². The normalized spacial score (nSPS) is 15.2. The summed E-state index contributed by atoms with van der Waals surface area (Å²) in [7, 11) is 4.70. The molecule has 7 heteroatoms. The van der Waals surface area contributed by atoms with Gasteiger partial charge in [0, 0.05) is 5.56 Å². The third-order valence-electron chi connectivity index (χ3n) is 5.64. The second-order valence-corrected chi connectivity index (χ2v) is 7.77. The van der Waals surface area contributed by atoms with Crippen LogP contribution in [0.5, 0.6) is 17.2 Å². The first-order valence-electron chi connectivity index (χ1n) is 10.6. The lowest BCUT2D eigenvalue weighted by Gasteiger charge is -2.28. The smallest absolute Gasteiger partial charge is 0.225 e. The maximum atomic E-state index is 13.1. The van der Waals surface area contributed by atoms with E-state index in [1.54, 1.807) is 27.4 Å². The van der Waals surface area contributed by atoms with Crippen molar-refractivity contribution in [3.05, 3.63) is 53.1 Å². The highest BCUT2D eigenvalue weighted by atomic mass is 16.5. The zero-order chi connectivity index (χ0) is 22.2. The standard InChI is InChI=1S/C24H32N2O5/c1-17-5-7-18(8-6-17)20(16-26-11-13-31-14-12-26)25-22(27)15-19-9-10-21(28-2)24(30-4)23(19)29-3/h5-10,20H,11-16H2,1-4H3,(H,25,27)/p+1/t20-/m1/s1. The van der Waals surface area contributed by atoms with E-state index >= 15 is 0 Å². The molecule has 1 aliphatic heterocycles. The number of methoxy groups -OCH3 is 3. The van der Waals surface area contributed by atoms with Gasteiger partial charge in [-0.3, -0.25) is 4.79 Å². The number of carbonyl (C=O) groups excluding carboxylic acids is 1. The molecule has 0 unspecified atom stereocenters. The third kappa shape index (κ3) is 5.89. The highest BCUT2D eigenvalue weighted by molar-refractivity contribution is 5.80. The number of morpholine rings is 1. The summed E-state index contributed by atoms with van der Waals surface area (Å²) >= 11 is 0. The molecule has 31 heavy (non-hydrogen) atoms. The largest absolute Gasteiger partial charge is 0.493 e. The van der Waals surface area contributed by atoms with Crippen LogP contribution in [-0.2, 0) is 16.0 Å². The molecule has 0 aliphatic carbocycles. The van der Waals surface area contributed by atoms with Crippen LogP contribution in [0.1, 0.15) is 22.7 Å². The molecule has 1 saturated heterocycles. The Kier molecular flexibility index (Phi) is 8.14. The fourth-order valence-electron chi connectivity index (χ4n) is 3.92.